The molecule has 1 N–H and O–H groups in total. The van der Waals surface area contributed by atoms with E-state index in [4.69, 9.17) is 0 Å². The van der Waals surface area contributed by atoms with Gasteiger partial charge in [-0.15, -0.1) is 6.58 Å². The minimum atomic E-state index is -0.567. The average Bonchev–Trinajstić information content (AvgIpc) is 2.06. The van der Waals surface area contributed by atoms with Crippen molar-refractivity contribution in [2.75, 3.05) is 0 Å². The van der Waals surface area contributed by atoms with Crippen molar-refractivity contribution in [2.24, 2.45) is 0 Å². The van der Waals surface area contributed by atoms with E-state index in [1.54, 1.807) is 18.2 Å². The van der Waals surface area contributed by atoms with Crippen LogP contribution in [0.5, 0.6) is 0 Å². The molecule has 1 aromatic carbocycles. The van der Waals surface area contributed by atoms with Crippen LogP contribution in [0.4, 0.5) is 4.39 Å². The molecule has 1 nitrogen and oxygen atoms in total. The predicted octanol–water partition coefficient (Wildman–Crippen LogP) is 2.44. The van der Waals surface area contributed by atoms with Crippen molar-refractivity contribution in [1.82, 2.24) is 0 Å². The first-order valence-corrected chi connectivity index (χ1v) is 3.78. The Kier molecular flexibility index (Phi) is 3.00. The highest BCUT2D eigenvalue weighted by Gasteiger charge is 2.03. The van der Waals surface area contributed by atoms with Crippen molar-refractivity contribution in [3.8, 4) is 0 Å². The maximum absolute atomic E-state index is 12.4. The zero-order chi connectivity index (χ0) is 8.97. The summed E-state index contributed by atoms with van der Waals surface area (Å²) in [5.41, 5.74) is 0.719. The first-order valence-electron chi connectivity index (χ1n) is 3.78. The predicted molar refractivity (Wildman–Crippen MR) is 46.2 cm³/mol. The van der Waals surface area contributed by atoms with Crippen molar-refractivity contribution in [1.29, 1.82) is 0 Å². The molecule has 64 valence electrons. The third kappa shape index (κ3) is 2.17. The van der Waals surface area contributed by atoms with E-state index in [1.165, 1.54) is 12.1 Å². The summed E-state index contributed by atoms with van der Waals surface area (Å²) in [5, 5.41) is 9.42. The van der Waals surface area contributed by atoms with Crippen LogP contribution in [0, 0.1) is 5.82 Å². The summed E-state index contributed by atoms with van der Waals surface area (Å²) in [6, 6.07) is 5.82. The van der Waals surface area contributed by atoms with Crippen LogP contribution in [0.25, 0.3) is 0 Å². The first-order chi connectivity index (χ1) is 5.74. The maximum Gasteiger partial charge on any atom is 0.123 e. The minimum absolute atomic E-state index is 0.287. The van der Waals surface area contributed by atoms with Crippen molar-refractivity contribution in [2.45, 2.75) is 12.5 Å². The van der Waals surface area contributed by atoms with Crippen LogP contribution in [0.1, 0.15) is 18.1 Å². The molecule has 12 heavy (non-hydrogen) atoms. The molecule has 2 heteroatoms. The normalized spacial score (nSPS) is 12.5. The fourth-order valence-corrected chi connectivity index (χ4v) is 0.979. The van der Waals surface area contributed by atoms with Crippen LogP contribution >= 0.6 is 0 Å². The summed E-state index contributed by atoms with van der Waals surface area (Å²) in [7, 11) is 0. The summed E-state index contributed by atoms with van der Waals surface area (Å²) in [4.78, 5) is 0. The van der Waals surface area contributed by atoms with Crippen molar-refractivity contribution >= 4 is 0 Å². The monoisotopic (exact) mass is 166 g/mol. The van der Waals surface area contributed by atoms with Gasteiger partial charge in [-0.3, -0.25) is 0 Å². The van der Waals surface area contributed by atoms with Gasteiger partial charge in [0, 0.05) is 0 Å². The number of benzene rings is 1. The highest BCUT2D eigenvalue weighted by Crippen LogP contribution is 2.16. The molecule has 1 aromatic rings. The number of halogens is 1. The Morgan fingerprint density at radius 1 is 1.42 bits per heavy atom. The number of aliphatic hydroxyl groups is 1. The molecule has 0 aliphatic carbocycles. The molecule has 0 fully saturated rings. The van der Waals surface area contributed by atoms with E-state index in [0.29, 0.717) is 6.42 Å². The molecular weight excluding hydrogens is 155 g/mol. The van der Waals surface area contributed by atoms with Gasteiger partial charge in [0.1, 0.15) is 5.82 Å². The van der Waals surface area contributed by atoms with E-state index >= 15 is 0 Å². The molecular formula is C10H11FO. The second-order valence-corrected chi connectivity index (χ2v) is 2.59. The van der Waals surface area contributed by atoms with Gasteiger partial charge >= 0.3 is 0 Å². The summed E-state index contributed by atoms with van der Waals surface area (Å²) >= 11 is 0. The minimum Gasteiger partial charge on any atom is -0.388 e. The molecule has 0 saturated heterocycles. The van der Waals surface area contributed by atoms with Gasteiger partial charge in [0.25, 0.3) is 0 Å². The number of aliphatic hydroxyl groups excluding tert-OH is 1. The molecule has 0 heterocycles. The quantitative estimate of drug-likeness (QED) is 0.684. The van der Waals surface area contributed by atoms with Gasteiger partial charge in [0.05, 0.1) is 6.10 Å². The Labute approximate surface area is 71.2 Å². The summed E-state index contributed by atoms with van der Waals surface area (Å²) in [5.74, 6) is -0.287. The molecule has 0 saturated carbocycles. The Hall–Kier alpha value is -1.15. The molecule has 0 unspecified atom stereocenters. The number of hydrogen-bond acceptors (Lipinski definition) is 1. The molecule has 0 radical (unpaired) electrons. The van der Waals surface area contributed by atoms with E-state index in [0.717, 1.165) is 5.56 Å². The highest BCUT2D eigenvalue weighted by atomic mass is 19.1. The zero-order valence-corrected chi connectivity index (χ0v) is 6.70. The number of hydrogen-bond donors (Lipinski definition) is 1. The van der Waals surface area contributed by atoms with Gasteiger partial charge in [0.15, 0.2) is 0 Å². The molecule has 0 spiro atoms. The van der Waals surface area contributed by atoms with E-state index in [-0.39, 0.29) is 5.82 Å². The fraction of sp³-hybridized carbons (Fsp3) is 0.200. The Balaban J connectivity index is 2.74. The van der Waals surface area contributed by atoms with Crippen LogP contribution in [-0.2, 0) is 0 Å². The van der Waals surface area contributed by atoms with Crippen LogP contribution in [-0.4, -0.2) is 5.11 Å². The Morgan fingerprint density at radius 2 is 2.00 bits per heavy atom. The average molecular weight is 166 g/mol. The summed E-state index contributed by atoms with van der Waals surface area (Å²) in [6.07, 6.45) is 1.56. The molecule has 0 aliphatic heterocycles. The lowest BCUT2D eigenvalue weighted by Crippen LogP contribution is -1.94. The Bertz CT molecular complexity index is 253. The smallest absolute Gasteiger partial charge is 0.123 e. The van der Waals surface area contributed by atoms with E-state index in [2.05, 4.69) is 6.58 Å². The Morgan fingerprint density at radius 3 is 2.50 bits per heavy atom. The highest BCUT2D eigenvalue weighted by molar-refractivity contribution is 5.18. The lowest BCUT2D eigenvalue weighted by molar-refractivity contribution is 0.181. The molecule has 1 atom stereocenters. The second-order valence-electron chi connectivity index (χ2n) is 2.59. The van der Waals surface area contributed by atoms with Gasteiger partial charge < -0.3 is 5.11 Å². The van der Waals surface area contributed by atoms with Gasteiger partial charge in [-0.1, -0.05) is 18.2 Å². The number of rotatable bonds is 3. The zero-order valence-electron chi connectivity index (χ0n) is 6.70. The molecule has 0 aromatic heterocycles. The van der Waals surface area contributed by atoms with Crippen LogP contribution in [0.15, 0.2) is 36.9 Å². The third-order valence-electron chi connectivity index (χ3n) is 1.64. The molecule has 1 rings (SSSR count). The van der Waals surface area contributed by atoms with E-state index in [1.807, 2.05) is 0 Å². The van der Waals surface area contributed by atoms with Gasteiger partial charge in [-0.25, -0.2) is 4.39 Å². The van der Waals surface area contributed by atoms with Crippen molar-refractivity contribution < 1.29 is 9.50 Å². The second kappa shape index (κ2) is 4.02. The first kappa shape index (κ1) is 8.94. The lowest BCUT2D eigenvalue weighted by Gasteiger charge is -2.06. The van der Waals surface area contributed by atoms with Gasteiger partial charge in [0.2, 0.25) is 0 Å². The summed E-state index contributed by atoms with van der Waals surface area (Å²) in [6.45, 7) is 3.51. The van der Waals surface area contributed by atoms with Crippen LogP contribution in [0.2, 0.25) is 0 Å². The maximum atomic E-state index is 12.4. The largest absolute Gasteiger partial charge is 0.388 e. The topological polar surface area (TPSA) is 20.2 Å². The lowest BCUT2D eigenvalue weighted by atomic mass is 10.1. The van der Waals surface area contributed by atoms with Gasteiger partial charge in [-0.05, 0) is 24.1 Å². The van der Waals surface area contributed by atoms with Crippen molar-refractivity contribution in [3.05, 3.63) is 48.3 Å². The van der Waals surface area contributed by atoms with Gasteiger partial charge in [-0.2, -0.15) is 0 Å². The molecule has 0 amide bonds. The molecule has 0 aliphatic rings. The standard InChI is InChI=1S/C10H11FO/c1-2-3-10(12)8-4-6-9(11)7-5-8/h2,4-7,10,12H,1,3H2/t10-/m1/s1. The fourth-order valence-electron chi connectivity index (χ4n) is 0.979. The van der Waals surface area contributed by atoms with E-state index < -0.39 is 6.10 Å². The van der Waals surface area contributed by atoms with Crippen molar-refractivity contribution in [3.63, 3.8) is 0 Å². The SMILES string of the molecule is C=CC[C@@H](O)c1ccc(F)cc1. The van der Waals surface area contributed by atoms with Crippen LogP contribution < -0.4 is 0 Å². The third-order valence-corrected chi connectivity index (χ3v) is 1.64. The summed E-state index contributed by atoms with van der Waals surface area (Å²) < 4.78 is 12.4. The molecule has 0 bridgehead atoms. The van der Waals surface area contributed by atoms with Crippen LogP contribution in [0.3, 0.4) is 0 Å². The van der Waals surface area contributed by atoms with E-state index in [9.17, 15) is 9.50 Å².